The number of phenolic OH excluding ortho intramolecular Hbond substituents is 1. The Hall–Kier alpha value is -2.58. The highest BCUT2D eigenvalue weighted by molar-refractivity contribution is 5.64. The van der Waals surface area contributed by atoms with E-state index in [1.807, 2.05) is 45.9 Å². The first-order chi connectivity index (χ1) is 13.7. The Morgan fingerprint density at radius 2 is 1.68 bits per heavy atom. The molecule has 2 aliphatic heterocycles. The van der Waals surface area contributed by atoms with Crippen LogP contribution in [-0.2, 0) is 12.0 Å². The SMILES string of the molecule is C=CC1=C(/C=C\C)C2Cc3ccccc3C1(c1ccc(O)cc1)N2.CC.CC. The minimum absolute atomic E-state index is 0.276. The molecular weight excluding hydrogens is 342 g/mol. The molecule has 0 saturated carbocycles. The highest BCUT2D eigenvalue weighted by atomic mass is 16.3. The van der Waals surface area contributed by atoms with Gasteiger partial charge in [-0.25, -0.2) is 0 Å². The quantitative estimate of drug-likeness (QED) is 0.662. The zero-order valence-corrected chi connectivity index (χ0v) is 17.8. The summed E-state index contributed by atoms with van der Waals surface area (Å²) in [4.78, 5) is 0. The van der Waals surface area contributed by atoms with Crippen LogP contribution >= 0.6 is 0 Å². The normalized spacial score (nSPS) is 22.0. The van der Waals surface area contributed by atoms with Gasteiger partial charge in [-0.15, -0.1) is 0 Å². The van der Waals surface area contributed by atoms with Crippen LogP contribution in [0.1, 0.15) is 51.3 Å². The van der Waals surface area contributed by atoms with E-state index >= 15 is 0 Å². The van der Waals surface area contributed by atoms with Crippen LogP contribution in [0.3, 0.4) is 0 Å². The number of fused-ring (bicyclic) bond motifs is 4. The topological polar surface area (TPSA) is 32.3 Å². The van der Waals surface area contributed by atoms with Gasteiger partial charge in [-0.3, -0.25) is 5.32 Å². The Morgan fingerprint density at radius 3 is 2.29 bits per heavy atom. The van der Waals surface area contributed by atoms with Crippen molar-refractivity contribution in [2.24, 2.45) is 0 Å². The first-order valence-corrected chi connectivity index (χ1v) is 10.4. The van der Waals surface area contributed by atoms with Crippen LogP contribution in [0.25, 0.3) is 0 Å². The van der Waals surface area contributed by atoms with Crippen molar-refractivity contribution >= 4 is 0 Å². The molecule has 0 fully saturated rings. The molecule has 0 radical (unpaired) electrons. The summed E-state index contributed by atoms with van der Waals surface area (Å²) in [5, 5.41) is 13.6. The number of nitrogens with one attached hydrogen (secondary N) is 1. The molecule has 0 amide bonds. The summed E-state index contributed by atoms with van der Waals surface area (Å²) in [6.07, 6.45) is 7.25. The molecular formula is C26H33NO. The first-order valence-electron chi connectivity index (χ1n) is 10.4. The number of allylic oxidation sites excluding steroid dienone is 1. The molecule has 2 aromatic rings. The number of rotatable bonds is 3. The van der Waals surface area contributed by atoms with Crippen molar-refractivity contribution in [2.75, 3.05) is 0 Å². The number of hydrogen-bond donors (Lipinski definition) is 2. The van der Waals surface area contributed by atoms with Gasteiger partial charge in [0.1, 0.15) is 5.75 Å². The van der Waals surface area contributed by atoms with Crippen LogP contribution < -0.4 is 5.32 Å². The number of phenols is 1. The van der Waals surface area contributed by atoms with E-state index in [0.717, 1.165) is 12.0 Å². The van der Waals surface area contributed by atoms with Crippen molar-refractivity contribution in [3.05, 3.63) is 101 Å². The second-order valence-corrected chi connectivity index (χ2v) is 6.43. The van der Waals surface area contributed by atoms with Crippen molar-refractivity contribution in [1.82, 2.24) is 5.32 Å². The summed E-state index contributed by atoms with van der Waals surface area (Å²) in [5.74, 6) is 0.284. The van der Waals surface area contributed by atoms with Gasteiger partial charge in [0, 0.05) is 6.04 Å². The largest absolute Gasteiger partial charge is 0.508 e. The molecule has 2 unspecified atom stereocenters. The van der Waals surface area contributed by atoms with E-state index in [2.05, 4.69) is 55.2 Å². The number of aromatic hydroxyl groups is 1. The Balaban J connectivity index is 0.000000660. The molecule has 2 atom stereocenters. The molecule has 2 aliphatic rings. The van der Waals surface area contributed by atoms with Crippen LogP contribution in [0.15, 0.2) is 84.5 Å². The molecule has 0 saturated heterocycles. The number of benzene rings is 2. The molecule has 2 heterocycles. The average Bonchev–Trinajstić information content (AvgIpc) is 3.01. The van der Waals surface area contributed by atoms with Crippen molar-refractivity contribution in [3.8, 4) is 5.75 Å². The van der Waals surface area contributed by atoms with Crippen molar-refractivity contribution in [2.45, 2.75) is 52.6 Å². The maximum Gasteiger partial charge on any atom is 0.115 e. The van der Waals surface area contributed by atoms with Crippen LogP contribution in [-0.4, -0.2) is 11.1 Å². The lowest BCUT2D eigenvalue weighted by atomic mass is 9.75. The zero-order valence-electron chi connectivity index (χ0n) is 17.8. The summed E-state index contributed by atoms with van der Waals surface area (Å²) in [7, 11) is 0. The van der Waals surface area contributed by atoms with Crippen molar-refractivity contribution < 1.29 is 5.11 Å². The molecule has 2 nitrogen and oxygen atoms in total. The van der Waals surface area contributed by atoms with Crippen LogP contribution in [0.2, 0.25) is 0 Å². The summed E-state index contributed by atoms with van der Waals surface area (Å²) in [6.45, 7) is 14.2. The Bertz CT molecular complexity index is 860. The highest BCUT2D eigenvalue weighted by Gasteiger charge is 2.49. The van der Waals surface area contributed by atoms with Gasteiger partial charge >= 0.3 is 0 Å². The predicted molar refractivity (Wildman–Crippen MR) is 121 cm³/mol. The van der Waals surface area contributed by atoms with Gasteiger partial charge in [0.15, 0.2) is 0 Å². The predicted octanol–water partition coefficient (Wildman–Crippen LogP) is 6.27. The van der Waals surface area contributed by atoms with Gasteiger partial charge in [0.2, 0.25) is 0 Å². The van der Waals surface area contributed by atoms with E-state index in [0.29, 0.717) is 0 Å². The summed E-state index contributed by atoms with van der Waals surface area (Å²) in [5.41, 5.74) is 5.89. The van der Waals surface area contributed by atoms with E-state index in [-0.39, 0.29) is 11.8 Å². The van der Waals surface area contributed by atoms with Gasteiger partial charge in [-0.2, -0.15) is 0 Å². The lowest BCUT2D eigenvalue weighted by molar-refractivity contribution is 0.431. The van der Waals surface area contributed by atoms with E-state index in [1.165, 1.54) is 22.3 Å². The second kappa shape index (κ2) is 9.57. The molecule has 148 valence electrons. The average molecular weight is 376 g/mol. The summed E-state index contributed by atoms with van der Waals surface area (Å²) < 4.78 is 0. The van der Waals surface area contributed by atoms with Crippen molar-refractivity contribution in [1.29, 1.82) is 0 Å². The Kier molecular flexibility index (Phi) is 7.42. The molecule has 28 heavy (non-hydrogen) atoms. The Labute approximate surface area is 170 Å². The smallest absolute Gasteiger partial charge is 0.115 e. The standard InChI is InChI=1S/C22H21NO.2C2H6/c1-3-7-18-19(4-2)22(16-10-12-17(24)13-11-16)20-9-6-5-8-15(20)14-21(18)23-22;2*1-2/h3-13,21,23-24H,2,14H2,1H3;2*1-2H3/b7-3-;;. The molecule has 2 bridgehead atoms. The van der Waals surface area contributed by atoms with E-state index in [1.54, 1.807) is 12.1 Å². The fraction of sp³-hybridized carbons (Fsp3) is 0.308. The number of hydrogen-bond acceptors (Lipinski definition) is 2. The fourth-order valence-corrected chi connectivity index (χ4v) is 4.25. The molecule has 2 heteroatoms. The van der Waals surface area contributed by atoms with E-state index in [4.69, 9.17) is 0 Å². The second-order valence-electron chi connectivity index (χ2n) is 6.43. The summed E-state index contributed by atoms with van der Waals surface area (Å²) >= 11 is 0. The minimum atomic E-state index is -0.399. The molecule has 4 rings (SSSR count). The molecule has 0 aliphatic carbocycles. The van der Waals surface area contributed by atoms with Crippen LogP contribution in [0.4, 0.5) is 0 Å². The maximum absolute atomic E-state index is 9.71. The lowest BCUT2D eigenvalue weighted by Gasteiger charge is -2.39. The van der Waals surface area contributed by atoms with Gasteiger partial charge in [0.25, 0.3) is 0 Å². The Morgan fingerprint density at radius 1 is 1.04 bits per heavy atom. The van der Waals surface area contributed by atoms with Crippen LogP contribution in [0.5, 0.6) is 5.75 Å². The van der Waals surface area contributed by atoms with E-state index in [9.17, 15) is 5.11 Å². The first kappa shape index (κ1) is 21.7. The zero-order chi connectivity index (χ0) is 20.7. The molecule has 2 aromatic carbocycles. The minimum Gasteiger partial charge on any atom is -0.508 e. The maximum atomic E-state index is 9.71. The monoisotopic (exact) mass is 375 g/mol. The molecule has 0 spiro atoms. The molecule has 2 N–H and O–H groups in total. The third-order valence-electron chi connectivity index (χ3n) is 5.18. The summed E-state index contributed by atoms with van der Waals surface area (Å²) in [6, 6.07) is 16.4. The fourth-order valence-electron chi connectivity index (χ4n) is 4.25. The van der Waals surface area contributed by atoms with Gasteiger partial charge in [0.05, 0.1) is 5.54 Å². The van der Waals surface area contributed by atoms with Gasteiger partial charge < -0.3 is 5.11 Å². The van der Waals surface area contributed by atoms with Gasteiger partial charge in [-0.1, -0.05) is 88.9 Å². The van der Waals surface area contributed by atoms with Crippen LogP contribution in [0, 0.1) is 0 Å². The van der Waals surface area contributed by atoms with Crippen molar-refractivity contribution in [3.63, 3.8) is 0 Å². The third kappa shape index (κ3) is 3.45. The lowest BCUT2D eigenvalue weighted by Crippen LogP contribution is -2.49. The molecule has 0 aromatic heterocycles. The van der Waals surface area contributed by atoms with Gasteiger partial charge in [-0.05, 0) is 53.3 Å². The third-order valence-corrected chi connectivity index (χ3v) is 5.18. The van der Waals surface area contributed by atoms with E-state index < -0.39 is 5.54 Å². The highest BCUT2D eigenvalue weighted by Crippen LogP contribution is 2.49.